The quantitative estimate of drug-likeness (QED) is 0.190. The first-order valence-corrected chi connectivity index (χ1v) is 17.1. The standard InChI is InChI=1S/C45H28N2S/c1-3-13-30(14-4-1)38-27-32(28-39(46-38)31-15-5-2-6-16-31)29-23-25-33(26-24-29)47-40-21-11-9-19-36(40)42-34-17-7-8-18-35(34)43-37-20-10-12-22-41(37)48-45(43)44(42)47/h1-28H. The Balaban J connectivity index is 1.21. The molecule has 48 heavy (non-hydrogen) atoms. The molecule has 0 aliphatic carbocycles. The van der Waals surface area contributed by atoms with Crippen LogP contribution in [0.4, 0.5) is 0 Å². The minimum Gasteiger partial charge on any atom is -0.308 e. The summed E-state index contributed by atoms with van der Waals surface area (Å²) in [4.78, 5) is 5.09. The highest BCUT2D eigenvalue weighted by Crippen LogP contribution is 2.47. The van der Waals surface area contributed by atoms with Gasteiger partial charge >= 0.3 is 0 Å². The van der Waals surface area contributed by atoms with Crippen molar-refractivity contribution in [2.45, 2.75) is 0 Å². The van der Waals surface area contributed by atoms with Gasteiger partial charge in [-0.15, -0.1) is 11.3 Å². The Morgan fingerprint density at radius 2 is 0.958 bits per heavy atom. The molecule has 0 fully saturated rings. The zero-order valence-corrected chi connectivity index (χ0v) is 26.8. The molecule has 10 aromatic rings. The van der Waals surface area contributed by atoms with Crippen molar-refractivity contribution in [3.05, 3.63) is 170 Å². The summed E-state index contributed by atoms with van der Waals surface area (Å²) in [7, 11) is 0. The van der Waals surface area contributed by atoms with Crippen molar-refractivity contribution in [2.75, 3.05) is 0 Å². The molecule has 0 bridgehead atoms. The first-order valence-electron chi connectivity index (χ1n) is 16.3. The second-order valence-corrected chi connectivity index (χ2v) is 13.4. The minimum absolute atomic E-state index is 0.970. The van der Waals surface area contributed by atoms with Crippen molar-refractivity contribution in [1.29, 1.82) is 0 Å². The van der Waals surface area contributed by atoms with E-state index in [1.54, 1.807) is 0 Å². The number of hydrogen-bond acceptors (Lipinski definition) is 2. The van der Waals surface area contributed by atoms with Crippen LogP contribution in [-0.4, -0.2) is 9.55 Å². The Morgan fingerprint density at radius 1 is 0.417 bits per heavy atom. The van der Waals surface area contributed by atoms with Gasteiger partial charge in [0.25, 0.3) is 0 Å². The van der Waals surface area contributed by atoms with Gasteiger partial charge in [-0.1, -0.05) is 133 Å². The van der Waals surface area contributed by atoms with Crippen LogP contribution in [0.15, 0.2) is 170 Å². The summed E-state index contributed by atoms with van der Waals surface area (Å²) in [5.74, 6) is 0. The van der Waals surface area contributed by atoms with E-state index in [2.05, 4.69) is 162 Å². The number of para-hydroxylation sites is 1. The van der Waals surface area contributed by atoms with Crippen molar-refractivity contribution >= 4 is 64.1 Å². The van der Waals surface area contributed by atoms with Crippen molar-refractivity contribution in [1.82, 2.24) is 9.55 Å². The molecule has 7 aromatic carbocycles. The largest absolute Gasteiger partial charge is 0.308 e. The van der Waals surface area contributed by atoms with Gasteiger partial charge in [-0.25, -0.2) is 4.98 Å². The zero-order chi connectivity index (χ0) is 31.6. The number of hydrogen-bond donors (Lipinski definition) is 0. The summed E-state index contributed by atoms with van der Waals surface area (Å²) in [6.07, 6.45) is 0. The molecule has 0 atom stereocenters. The second kappa shape index (κ2) is 10.8. The number of thiophene rings is 1. The molecule has 0 N–H and O–H groups in total. The number of aromatic nitrogens is 2. The predicted molar refractivity (Wildman–Crippen MR) is 205 cm³/mol. The molecule has 0 unspecified atom stereocenters. The van der Waals surface area contributed by atoms with Gasteiger partial charge in [-0.05, 0) is 58.3 Å². The average molecular weight is 629 g/mol. The minimum atomic E-state index is 0.970. The Labute approximate surface area is 281 Å². The zero-order valence-electron chi connectivity index (χ0n) is 26.0. The first-order chi connectivity index (χ1) is 23.8. The van der Waals surface area contributed by atoms with Crippen molar-refractivity contribution in [3.63, 3.8) is 0 Å². The van der Waals surface area contributed by atoms with Crippen molar-refractivity contribution in [3.8, 4) is 39.3 Å². The van der Waals surface area contributed by atoms with Crippen LogP contribution in [0.1, 0.15) is 0 Å². The number of pyridine rings is 1. The smallest absolute Gasteiger partial charge is 0.0726 e. The fourth-order valence-corrected chi connectivity index (χ4v) is 8.67. The maximum atomic E-state index is 5.09. The first kappa shape index (κ1) is 27.1. The highest BCUT2D eigenvalue weighted by atomic mass is 32.1. The van der Waals surface area contributed by atoms with E-state index >= 15 is 0 Å². The maximum absolute atomic E-state index is 5.09. The lowest BCUT2D eigenvalue weighted by atomic mass is 9.99. The van der Waals surface area contributed by atoms with Crippen LogP contribution in [0.5, 0.6) is 0 Å². The lowest BCUT2D eigenvalue weighted by Crippen LogP contribution is -1.95. The van der Waals surface area contributed by atoms with Gasteiger partial charge in [-0.2, -0.15) is 0 Å². The van der Waals surface area contributed by atoms with E-state index < -0.39 is 0 Å². The molecule has 0 saturated carbocycles. The van der Waals surface area contributed by atoms with Crippen LogP contribution < -0.4 is 0 Å². The van der Waals surface area contributed by atoms with Crippen LogP contribution in [-0.2, 0) is 0 Å². The van der Waals surface area contributed by atoms with Crippen molar-refractivity contribution in [2.24, 2.45) is 0 Å². The molecule has 3 aromatic heterocycles. The van der Waals surface area contributed by atoms with E-state index in [1.807, 2.05) is 23.5 Å². The molecule has 2 nitrogen and oxygen atoms in total. The van der Waals surface area contributed by atoms with E-state index in [-0.39, 0.29) is 0 Å². The summed E-state index contributed by atoms with van der Waals surface area (Å²) in [6, 6.07) is 61.0. The third-order valence-corrected chi connectivity index (χ3v) is 10.8. The number of benzene rings is 7. The predicted octanol–water partition coefficient (Wildman–Crippen LogP) is 12.7. The van der Waals surface area contributed by atoms with E-state index in [4.69, 9.17) is 4.98 Å². The molecular formula is C45H28N2S. The molecule has 0 saturated heterocycles. The Morgan fingerprint density at radius 3 is 1.62 bits per heavy atom. The summed E-state index contributed by atoms with van der Waals surface area (Å²) in [5.41, 5.74) is 10.1. The third kappa shape index (κ3) is 4.15. The summed E-state index contributed by atoms with van der Waals surface area (Å²) in [6.45, 7) is 0. The van der Waals surface area contributed by atoms with Gasteiger partial charge < -0.3 is 4.57 Å². The third-order valence-electron chi connectivity index (χ3n) is 9.57. The van der Waals surface area contributed by atoms with Gasteiger partial charge in [0.2, 0.25) is 0 Å². The SMILES string of the molecule is c1ccc(-c2cc(-c3ccc(-n4c5ccccc5c5c6ccccc6c6c7ccccc7sc6c54)cc3)cc(-c3ccccc3)n2)cc1. The molecular weight excluding hydrogens is 601 g/mol. The van der Waals surface area contributed by atoms with E-state index in [1.165, 1.54) is 52.8 Å². The Kier molecular flexibility index (Phi) is 6.08. The summed E-state index contributed by atoms with van der Waals surface area (Å²) >= 11 is 1.90. The monoisotopic (exact) mass is 628 g/mol. The normalized spacial score (nSPS) is 11.8. The van der Waals surface area contributed by atoms with Crippen LogP contribution in [0, 0.1) is 0 Å². The van der Waals surface area contributed by atoms with Crippen LogP contribution in [0.2, 0.25) is 0 Å². The highest BCUT2D eigenvalue weighted by molar-refractivity contribution is 7.27. The van der Waals surface area contributed by atoms with Gasteiger partial charge in [0, 0.05) is 43.1 Å². The number of fused-ring (bicyclic) bond motifs is 10. The Hall–Kier alpha value is -6.03. The lowest BCUT2D eigenvalue weighted by molar-refractivity contribution is 1.19. The lowest BCUT2D eigenvalue weighted by Gasteiger charge is -2.13. The number of nitrogens with zero attached hydrogens (tertiary/aromatic N) is 2. The molecule has 0 amide bonds. The second-order valence-electron chi connectivity index (χ2n) is 12.3. The van der Waals surface area contributed by atoms with Crippen LogP contribution in [0.3, 0.4) is 0 Å². The van der Waals surface area contributed by atoms with Crippen LogP contribution >= 0.6 is 11.3 Å². The topological polar surface area (TPSA) is 17.8 Å². The summed E-state index contributed by atoms with van der Waals surface area (Å²) in [5, 5.41) is 7.88. The van der Waals surface area contributed by atoms with Gasteiger partial charge in [-0.3, -0.25) is 0 Å². The number of rotatable bonds is 4. The molecule has 3 heterocycles. The van der Waals surface area contributed by atoms with Gasteiger partial charge in [0.15, 0.2) is 0 Å². The average Bonchev–Trinajstić information content (AvgIpc) is 3.73. The molecule has 0 aliphatic rings. The molecule has 3 heteroatoms. The van der Waals surface area contributed by atoms with Crippen LogP contribution in [0.25, 0.3) is 92.1 Å². The molecule has 0 aliphatic heterocycles. The fraction of sp³-hybridized carbons (Fsp3) is 0. The highest BCUT2D eigenvalue weighted by Gasteiger charge is 2.21. The maximum Gasteiger partial charge on any atom is 0.0726 e. The molecule has 224 valence electrons. The Bertz CT molecular complexity index is 2750. The molecule has 10 rings (SSSR count). The van der Waals surface area contributed by atoms with E-state index in [0.29, 0.717) is 0 Å². The molecule has 0 radical (unpaired) electrons. The van der Waals surface area contributed by atoms with E-state index in [9.17, 15) is 0 Å². The van der Waals surface area contributed by atoms with Gasteiger partial charge in [0.05, 0.1) is 27.1 Å². The van der Waals surface area contributed by atoms with Crippen molar-refractivity contribution < 1.29 is 0 Å². The fourth-order valence-electron chi connectivity index (χ4n) is 7.41. The van der Waals surface area contributed by atoms with E-state index in [0.717, 1.165) is 39.3 Å². The summed E-state index contributed by atoms with van der Waals surface area (Å²) < 4.78 is 5.13. The van der Waals surface area contributed by atoms with Gasteiger partial charge in [0.1, 0.15) is 0 Å². The molecule has 0 spiro atoms.